The van der Waals surface area contributed by atoms with Gasteiger partial charge in [-0.3, -0.25) is 14.5 Å². The summed E-state index contributed by atoms with van der Waals surface area (Å²) in [5, 5.41) is 0. The van der Waals surface area contributed by atoms with Crippen molar-refractivity contribution in [1.29, 1.82) is 0 Å². The minimum absolute atomic E-state index is 0.0355. The van der Waals surface area contributed by atoms with E-state index in [1.165, 1.54) is 11.0 Å². The summed E-state index contributed by atoms with van der Waals surface area (Å²) in [5.41, 5.74) is 1.04. The molecule has 2 amide bonds. The van der Waals surface area contributed by atoms with Crippen LogP contribution in [0.5, 0.6) is 0 Å². The van der Waals surface area contributed by atoms with Crippen molar-refractivity contribution >= 4 is 11.8 Å². The summed E-state index contributed by atoms with van der Waals surface area (Å²) in [6, 6.07) is 10.3. The number of imide groups is 1. The molecule has 2 aromatic rings. The first-order valence-electron chi connectivity index (χ1n) is 8.55. The molecule has 3 nitrogen and oxygen atoms in total. The molecule has 1 heterocycles. The maximum atomic E-state index is 13.5. The van der Waals surface area contributed by atoms with Crippen molar-refractivity contribution in [2.24, 2.45) is 0 Å². The van der Waals surface area contributed by atoms with Gasteiger partial charge in [-0.05, 0) is 48.1 Å². The Morgan fingerprint density at radius 3 is 2.15 bits per heavy atom. The smallest absolute Gasteiger partial charge is 0.271 e. The lowest BCUT2D eigenvalue weighted by Crippen LogP contribution is -2.42. The van der Waals surface area contributed by atoms with Gasteiger partial charge < -0.3 is 0 Å². The maximum absolute atomic E-state index is 13.5. The molecule has 2 bridgehead atoms. The zero-order valence-corrected chi connectivity index (χ0v) is 13.6. The van der Waals surface area contributed by atoms with E-state index in [1.54, 1.807) is 30.3 Å². The van der Waals surface area contributed by atoms with E-state index in [1.807, 2.05) is 0 Å². The number of amides is 2. The molecule has 0 aromatic heterocycles. The van der Waals surface area contributed by atoms with Gasteiger partial charge in [0.25, 0.3) is 11.8 Å². The molecule has 3 aliphatic rings. The van der Waals surface area contributed by atoms with Crippen LogP contribution in [0.25, 0.3) is 0 Å². The van der Waals surface area contributed by atoms with Gasteiger partial charge in [-0.15, -0.1) is 0 Å². The molecule has 0 saturated heterocycles. The van der Waals surface area contributed by atoms with Gasteiger partial charge in [0.15, 0.2) is 0 Å². The van der Waals surface area contributed by atoms with Gasteiger partial charge in [0.1, 0.15) is 0 Å². The van der Waals surface area contributed by atoms with Crippen LogP contribution in [0.2, 0.25) is 0 Å². The van der Waals surface area contributed by atoms with E-state index in [-0.39, 0.29) is 11.5 Å². The Kier molecular flexibility index (Phi) is 2.98. The van der Waals surface area contributed by atoms with Gasteiger partial charge in [0.05, 0.1) is 16.7 Å². The quantitative estimate of drug-likeness (QED) is 0.712. The monoisotopic (exact) mass is 357 g/mol. The second-order valence-electron chi connectivity index (χ2n) is 7.17. The number of hydrogen-bond acceptors (Lipinski definition) is 2. The summed E-state index contributed by atoms with van der Waals surface area (Å²) in [5.74, 6) is -1.27. The van der Waals surface area contributed by atoms with Crippen LogP contribution >= 0.6 is 0 Å². The highest BCUT2D eigenvalue weighted by molar-refractivity contribution is 6.21. The van der Waals surface area contributed by atoms with E-state index in [0.717, 1.165) is 11.6 Å². The third-order valence-corrected chi connectivity index (χ3v) is 5.94. The molecule has 1 aliphatic heterocycles. The minimum Gasteiger partial charge on any atom is -0.271 e. The minimum atomic E-state index is -4.44. The maximum Gasteiger partial charge on any atom is 0.416 e. The Labute approximate surface area is 147 Å². The summed E-state index contributed by atoms with van der Waals surface area (Å²) in [7, 11) is 0. The standard InChI is InChI=1S/C20H14F3NO2/c21-20(22,23)15-7-3-6-11-10-8-14(17(11)15)16(9-10)24-18(25)12-4-1-2-5-13(12)19(24)26/h1-7,10,14,16H,8-9H2/t10-,14+,16-/m0/s1. The number of fused-ring (bicyclic) bond motifs is 6. The average molecular weight is 357 g/mol. The molecule has 6 heteroatoms. The van der Waals surface area contributed by atoms with Gasteiger partial charge >= 0.3 is 6.18 Å². The highest BCUT2D eigenvalue weighted by Crippen LogP contribution is 2.58. The van der Waals surface area contributed by atoms with E-state index in [4.69, 9.17) is 0 Å². The van der Waals surface area contributed by atoms with Crippen molar-refractivity contribution in [3.05, 3.63) is 70.3 Å². The highest BCUT2D eigenvalue weighted by Gasteiger charge is 2.54. The molecule has 0 unspecified atom stereocenters. The first-order valence-corrected chi connectivity index (χ1v) is 8.55. The van der Waals surface area contributed by atoms with Crippen molar-refractivity contribution in [1.82, 2.24) is 4.90 Å². The molecule has 132 valence electrons. The predicted octanol–water partition coefficient (Wildman–Crippen LogP) is 4.34. The van der Waals surface area contributed by atoms with Crippen LogP contribution in [0.15, 0.2) is 42.5 Å². The van der Waals surface area contributed by atoms with Crippen LogP contribution in [0, 0.1) is 0 Å². The normalized spacial score (nSPS) is 26.4. The molecule has 2 aromatic carbocycles. The molecule has 1 saturated carbocycles. The van der Waals surface area contributed by atoms with Gasteiger partial charge in [-0.1, -0.05) is 24.3 Å². The van der Waals surface area contributed by atoms with Crippen molar-refractivity contribution in [3.8, 4) is 0 Å². The summed E-state index contributed by atoms with van der Waals surface area (Å²) >= 11 is 0. The zero-order valence-electron chi connectivity index (χ0n) is 13.6. The van der Waals surface area contributed by atoms with Crippen LogP contribution in [-0.4, -0.2) is 22.8 Å². The Morgan fingerprint density at radius 1 is 0.885 bits per heavy atom. The topological polar surface area (TPSA) is 37.4 Å². The number of benzene rings is 2. The fourth-order valence-electron chi connectivity index (χ4n) is 4.97. The summed E-state index contributed by atoms with van der Waals surface area (Å²) < 4.78 is 40.5. The van der Waals surface area contributed by atoms with E-state index in [9.17, 15) is 22.8 Å². The Hall–Kier alpha value is -2.63. The number of alkyl halides is 3. The Morgan fingerprint density at radius 2 is 1.54 bits per heavy atom. The summed E-state index contributed by atoms with van der Waals surface area (Å²) in [6.07, 6.45) is -3.35. The molecule has 3 atom stereocenters. The van der Waals surface area contributed by atoms with Crippen molar-refractivity contribution < 1.29 is 22.8 Å². The van der Waals surface area contributed by atoms with Gasteiger partial charge in [0.2, 0.25) is 0 Å². The van der Waals surface area contributed by atoms with Crippen LogP contribution in [0.1, 0.15) is 62.1 Å². The lowest BCUT2D eigenvalue weighted by atomic mass is 9.84. The third-order valence-electron chi connectivity index (χ3n) is 5.94. The summed E-state index contributed by atoms with van der Waals surface area (Å²) in [6.45, 7) is 0. The first-order chi connectivity index (χ1) is 12.4. The van der Waals surface area contributed by atoms with Gasteiger partial charge in [-0.25, -0.2) is 0 Å². The Bertz CT molecular complexity index is 931. The van der Waals surface area contributed by atoms with Crippen LogP contribution in [0.3, 0.4) is 0 Å². The van der Waals surface area contributed by atoms with Crippen LogP contribution in [0.4, 0.5) is 13.2 Å². The number of hydrogen-bond donors (Lipinski definition) is 0. The average Bonchev–Trinajstić information content (AvgIpc) is 3.26. The SMILES string of the molecule is O=C1c2ccccc2C(=O)N1[C@H]1C[C@@H]2C[C@H]1c1c2cccc1C(F)(F)F. The molecule has 26 heavy (non-hydrogen) atoms. The lowest BCUT2D eigenvalue weighted by Gasteiger charge is -2.32. The predicted molar refractivity (Wildman–Crippen MR) is 86.9 cm³/mol. The molecule has 0 spiro atoms. The fourth-order valence-corrected chi connectivity index (χ4v) is 4.97. The molecule has 0 N–H and O–H groups in total. The second kappa shape index (κ2) is 4.96. The molecular weight excluding hydrogens is 343 g/mol. The van der Waals surface area contributed by atoms with Gasteiger partial charge in [0, 0.05) is 12.0 Å². The lowest BCUT2D eigenvalue weighted by molar-refractivity contribution is -0.138. The van der Waals surface area contributed by atoms with Crippen molar-refractivity contribution in [2.45, 2.75) is 36.9 Å². The van der Waals surface area contributed by atoms with Crippen LogP contribution < -0.4 is 0 Å². The molecule has 1 fully saturated rings. The first kappa shape index (κ1) is 15.6. The molecular formula is C20H14F3NO2. The second-order valence-corrected chi connectivity index (χ2v) is 7.17. The van der Waals surface area contributed by atoms with E-state index < -0.39 is 35.5 Å². The largest absolute Gasteiger partial charge is 0.416 e. The molecule has 0 radical (unpaired) electrons. The number of carbonyl (C=O) groups excluding carboxylic acids is 2. The highest BCUT2D eigenvalue weighted by atomic mass is 19.4. The fraction of sp³-hybridized carbons (Fsp3) is 0.300. The van der Waals surface area contributed by atoms with Crippen molar-refractivity contribution in [3.63, 3.8) is 0 Å². The number of nitrogens with zero attached hydrogens (tertiary/aromatic N) is 1. The zero-order chi connectivity index (χ0) is 18.2. The van der Waals surface area contributed by atoms with E-state index in [2.05, 4.69) is 0 Å². The van der Waals surface area contributed by atoms with Crippen LogP contribution in [-0.2, 0) is 6.18 Å². The van der Waals surface area contributed by atoms with Gasteiger partial charge in [-0.2, -0.15) is 13.2 Å². The third kappa shape index (κ3) is 1.90. The van der Waals surface area contributed by atoms with Crippen molar-refractivity contribution in [2.75, 3.05) is 0 Å². The summed E-state index contributed by atoms with van der Waals surface area (Å²) in [4.78, 5) is 26.7. The number of rotatable bonds is 1. The van der Waals surface area contributed by atoms with E-state index in [0.29, 0.717) is 24.0 Å². The number of carbonyl (C=O) groups is 2. The molecule has 5 rings (SSSR count). The number of halogens is 3. The Balaban J connectivity index is 1.58. The molecule has 2 aliphatic carbocycles. The van der Waals surface area contributed by atoms with E-state index >= 15 is 0 Å².